The average Bonchev–Trinajstić information content (AvgIpc) is 2.62. The first-order chi connectivity index (χ1) is 12.0. The maximum absolute atomic E-state index is 12.6. The van der Waals surface area contributed by atoms with Gasteiger partial charge in [0.25, 0.3) is 0 Å². The van der Waals surface area contributed by atoms with Crippen LogP contribution in [0.4, 0.5) is 0 Å². The van der Waals surface area contributed by atoms with Crippen molar-refractivity contribution < 1.29 is 28.8 Å². The van der Waals surface area contributed by atoms with E-state index in [0.29, 0.717) is 40.7 Å². The number of methoxy groups -OCH3 is 3. The first kappa shape index (κ1) is 18.4. The van der Waals surface area contributed by atoms with Crippen LogP contribution < -0.4 is 18.9 Å². The number of aromatic hydroxyl groups is 1. The van der Waals surface area contributed by atoms with Gasteiger partial charge in [0.15, 0.2) is 28.8 Å². The molecule has 0 atom stereocenters. The lowest BCUT2D eigenvalue weighted by atomic mass is 10.0. The van der Waals surface area contributed by atoms with Gasteiger partial charge in [0.2, 0.25) is 5.75 Å². The Bertz CT molecular complexity index is 729. The van der Waals surface area contributed by atoms with Gasteiger partial charge in [-0.1, -0.05) is 6.07 Å². The standard InChI is InChI=1S/C19H22O6/c1-5-25-16-7-6-12(9-15(16)21)8-14(20)13-10-17(22-2)19(24-4)18(11-13)23-3/h6-7,9-11,21H,5,8H2,1-4H3. The summed E-state index contributed by atoms with van der Waals surface area (Å²) in [6.45, 7) is 2.29. The van der Waals surface area contributed by atoms with Gasteiger partial charge in [-0.2, -0.15) is 0 Å². The van der Waals surface area contributed by atoms with E-state index in [4.69, 9.17) is 18.9 Å². The zero-order chi connectivity index (χ0) is 18.4. The minimum absolute atomic E-state index is 0.0112. The van der Waals surface area contributed by atoms with E-state index >= 15 is 0 Å². The van der Waals surface area contributed by atoms with Gasteiger partial charge >= 0.3 is 0 Å². The van der Waals surface area contributed by atoms with E-state index in [-0.39, 0.29) is 18.0 Å². The molecule has 0 saturated carbocycles. The number of phenols is 1. The fraction of sp³-hybridized carbons (Fsp3) is 0.316. The molecule has 2 rings (SSSR count). The Kier molecular flexibility index (Phi) is 6.11. The predicted molar refractivity (Wildman–Crippen MR) is 93.4 cm³/mol. The highest BCUT2D eigenvalue weighted by atomic mass is 16.5. The molecule has 0 aliphatic carbocycles. The Hall–Kier alpha value is -2.89. The van der Waals surface area contributed by atoms with Crippen LogP contribution in [0.2, 0.25) is 0 Å². The number of ketones is 1. The molecule has 0 amide bonds. The SMILES string of the molecule is CCOc1ccc(CC(=O)c2cc(OC)c(OC)c(OC)c2)cc1O. The number of phenolic OH excluding ortho intramolecular Hbond substituents is 1. The summed E-state index contributed by atoms with van der Waals surface area (Å²) < 4.78 is 21.1. The van der Waals surface area contributed by atoms with Gasteiger partial charge in [-0.05, 0) is 36.8 Å². The summed E-state index contributed by atoms with van der Waals surface area (Å²) in [5.41, 5.74) is 1.11. The number of carbonyl (C=O) groups is 1. The quantitative estimate of drug-likeness (QED) is 0.740. The third-order valence-electron chi connectivity index (χ3n) is 3.67. The van der Waals surface area contributed by atoms with Crippen molar-refractivity contribution in [1.82, 2.24) is 0 Å². The normalized spacial score (nSPS) is 10.2. The van der Waals surface area contributed by atoms with Gasteiger partial charge < -0.3 is 24.1 Å². The molecule has 0 spiro atoms. The smallest absolute Gasteiger partial charge is 0.203 e. The molecule has 0 saturated heterocycles. The molecule has 1 N–H and O–H groups in total. The van der Waals surface area contributed by atoms with Crippen LogP contribution >= 0.6 is 0 Å². The lowest BCUT2D eigenvalue weighted by Crippen LogP contribution is -2.06. The van der Waals surface area contributed by atoms with E-state index in [1.54, 1.807) is 24.3 Å². The van der Waals surface area contributed by atoms with Crippen molar-refractivity contribution >= 4 is 5.78 Å². The second kappa shape index (κ2) is 8.28. The largest absolute Gasteiger partial charge is 0.504 e. The van der Waals surface area contributed by atoms with Crippen molar-refractivity contribution in [3.63, 3.8) is 0 Å². The summed E-state index contributed by atoms with van der Waals surface area (Å²) in [6, 6.07) is 8.15. The summed E-state index contributed by atoms with van der Waals surface area (Å²) in [6.07, 6.45) is 0.124. The molecule has 0 radical (unpaired) electrons. The average molecular weight is 346 g/mol. The molecular weight excluding hydrogens is 324 g/mol. The highest BCUT2D eigenvalue weighted by Crippen LogP contribution is 2.38. The first-order valence-corrected chi connectivity index (χ1v) is 7.81. The van der Waals surface area contributed by atoms with Crippen molar-refractivity contribution in [2.24, 2.45) is 0 Å². The van der Waals surface area contributed by atoms with Crippen LogP contribution in [0.15, 0.2) is 30.3 Å². The second-order valence-electron chi connectivity index (χ2n) is 5.25. The first-order valence-electron chi connectivity index (χ1n) is 7.81. The third kappa shape index (κ3) is 4.15. The molecule has 6 nitrogen and oxygen atoms in total. The van der Waals surface area contributed by atoms with Crippen LogP contribution in [0.25, 0.3) is 0 Å². The number of hydrogen-bond acceptors (Lipinski definition) is 6. The van der Waals surface area contributed by atoms with Gasteiger partial charge in [-0.25, -0.2) is 0 Å². The summed E-state index contributed by atoms with van der Waals surface area (Å²) in [5, 5.41) is 9.95. The molecule has 25 heavy (non-hydrogen) atoms. The van der Waals surface area contributed by atoms with E-state index in [9.17, 15) is 9.90 Å². The maximum atomic E-state index is 12.6. The van der Waals surface area contributed by atoms with E-state index < -0.39 is 0 Å². The van der Waals surface area contributed by atoms with Crippen molar-refractivity contribution in [3.05, 3.63) is 41.5 Å². The van der Waals surface area contributed by atoms with Gasteiger partial charge in [0.1, 0.15) is 0 Å². The number of rotatable bonds is 8. The number of carbonyl (C=O) groups excluding carboxylic acids is 1. The van der Waals surface area contributed by atoms with Crippen LogP contribution in [0.1, 0.15) is 22.8 Å². The number of benzene rings is 2. The van der Waals surface area contributed by atoms with Gasteiger partial charge in [-0.3, -0.25) is 4.79 Å². The third-order valence-corrected chi connectivity index (χ3v) is 3.67. The van der Waals surface area contributed by atoms with Crippen molar-refractivity contribution in [2.45, 2.75) is 13.3 Å². The summed E-state index contributed by atoms with van der Waals surface area (Å²) in [4.78, 5) is 12.6. The van der Waals surface area contributed by atoms with Crippen molar-refractivity contribution in [1.29, 1.82) is 0 Å². The van der Waals surface area contributed by atoms with Crippen LogP contribution in [-0.2, 0) is 6.42 Å². The lowest BCUT2D eigenvalue weighted by molar-refractivity contribution is 0.0992. The number of ether oxygens (including phenoxy) is 4. The Balaban J connectivity index is 2.27. The summed E-state index contributed by atoms with van der Waals surface area (Å²) in [7, 11) is 4.50. The molecule has 0 bridgehead atoms. The molecule has 0 heterocycles. The molecule has 2 aromatic carbocycles. The van der Waals surface area contributed by atoms with Crippen LogP contribution in [0, 0.1) is 0 Å². The predicted octanol–water partition coefficient (Wildman–Crippen LogP) is 3.24. The van der Waals surface area contributed by atoms with Crippen molar-refractivity contribution in [3.8, 4) is 28.7 Å². The minimum Gasteiger partial charge on any atom is -0.504 e. The topological polar surface area (TPSA) is 74.2 Å². The minimum atomic E-state index is -0.136. The molecule has 2 aromatic rings. The maximum Gasteiger partial charge on any atom is 0.203 e. The van der Waals surface area contributed by atoms with E-state index in [0.717, 1.165) is 0 Å². The van der Waals surface area contributed by atoms with E-state index in [1.807, 2.05) is 6.92 Å². The molecule has 6 heteroatoms. The Morgan fingerprint density at radius 3 is 2.08 bits per heavy atom. The Morgan fingerprint density at radius 2 is 1.60 bits per heavy atom. The monoisotopic (exact) mass is 346 g/mol. The molecule has 134 valence electrons. The molecule has 0 aliphatic heterocycles. The molecular formula is C19H22O6. The zero-order valence-corrected chi connectivity index (χ0v) is 14.8. The molecule has 0 aliphatic rings. The van der Waals surface area contributed by atoms with Gasteiger partial charge in [0, 0.05) is 12.0 Å². The fourth-order valence-electron chi connectivity index (χ4n) is 2.48. The summed E-state index contributed by atoms with van der Waals surface area (Å²) >= 11 is 0. The zero-order valence-electron chi connectivity index (χ0n) is 14.8. The van der Waals surface area contributed by atoms with Gasteiger partial charge in [0.05, 0.1) is 27.9 Å². The highest BCUT2D eigenvalue weighted by molar-refractivity contribution is 5.98. The molecule has 0 unspecified atom stereocenters. The Labute approximate surface area is 146 Å². The van der Waals surface area contributed by atoms with Crippen molar-refractivity contribution in [2.75, 3.05) is 27.9 Å². The second-order valence-corrected chi connectivity index (χ2v) is 5.25. The lowest BCUT2D eigenvalue weighted by Gasteiger charge is -2.14. The van der Waals surface area contributed by atoms with E-state index in [1.165, 1.54) is 27.4 Å². The summed E-state index contributed by atoms with van der Waals surface area (Å²) in [5.74, 6) is 1.53. The molecule has 0 aromatic heterocycles. The van der Waals surface area contributed by atoms with Crippen LogP contribution in [-0.4, -0.2) is 38.8 Å². The number of hydrogen-bond donors (Lipinski definition) is 1. The van der Waals surface area contributed by atoms with Crippen LogP contribution in [0.5, 0.6) is 28.7 Å². The van der Waals surface area contributed by atoms with Crippen LogP contribution in [0.3, 0.4) is 0 Å². The molecule has 0 fully saturated rings. The fourth-order valence-corrected chi connectivity index (χ4v) is 2.48. The van der Waals surface area contributed by atoms with Gasteiger partial charge in [-0.15, -0.1) is 0 Å². The number of Topliss-reactive ketones (excluding diaryl/α,β-unsaturated/α-hetero) is 1. The highest BCUT2D eigenvalue weighted by Gasteiger charge is 2.17. The Morgan fingerprint density at radius 1 is 0.960 bits per heavy atom. The van der Waals surface area contributed by atoms with E-state index in [2.05, 4.69) is 0 Å².